The molecular weight excluding hydrogens is 322 g/mol. The van der Waals surface area contributed by atoms with Crippen LogP contribution in [0.15, 0.2) is 29.2 Å². The lowest BCUT2D eigenvalue weighted by atomic mass is 10.1. The van der Waals surface area contributed by atoms with Crippen LogP contribution >= 0.6 is 0 Å². The van der Waals surface area contributed by atoms with Gasteiger partial charge in [-0.25, -0.2) is 4.98 Å². The van der Waals surface area contributed by atoms with E-state index in [0.29, 0.717) is 12.1 Å². The number of H-pyrrole nitrogens is 1. The number of piperazine rings is 1. The number of hydrogen-bond acceptors (Lipinski definition) is 6. The lowest BCUT2D eigenvalue weighted by Crippen LogP contribution is -2.47. The van der Waals surface area contributed by atoms with Crippen molar-refractivity contribution in [1.82, 2.24) is 20.2 Å². The average molecular weight is 341 g/mol. The summed E-state index contributed by atoms with van der Waals surface area (Å²) in [5, 5.41) is 15.3. The van der Waals surface area contributed by atoms with Crippen molar-refractivity contribution in [3.8, 4) is 0 Å². The first-order valence-corrected chi connectivity index (χ1v) is 8.46. The Kier molecular flexibility index (Phi) is 4.06. The molecule has 2 aromatic heterocycles. The number of rotatable bonds is 3. The van der Waals surface area contributed by atoms with E-state index >= 15 is 0 Å². The topological polar surface area (TPSA) is 104 Å². The van der Waals surface area contributed by atoms with Gasteiger partial charge in [-0.3, -0.25) is 19.8 Å². The maximum Gasteiger partial charge on any atom is 0.319 e. The van der Waals surface area contributed by atoms with Crippen LogP contribution in [-0.4, -0.2) is 52.0 Å². The zero-order valence-electron chi connectivity index (χ0n) is 13.7. The summed E-state index contributed by atoms with van der Waals surface area (Å²) in [7, 11) is 0. The molecule has 1 saturated heterocycles. The zero-order chi connectivity index (χ0) is 17.4. The fraction of sp³-hybridized carbons (Fsp3) is 0.412. The molecule has 2 N–H and O–H groups in total. The molecule has 0 aromatic carbocycles. The van der Waals surface area contributed by atoms with Gasteiger partial charge in [0.2, 0.25) is 0 Å². The van der Waals surface area contributed by atoms with Crippen LogP contribution in [0.1, 0.15) is 18.5 Å². The first kappa shape index (κ1) is 15.9. The highest BCUT2D eigenvalue weighted by atomic mass is 16.6. The molecule has 2 aromatic rings. The highest BCUT2D eigenvalue weighted by Crippen LogP contribution is 2.36. The van der Waals surface area contributed by atoms with E-state index in [1.807, 2.05) is 0 Å². The number of pyridine rings is 2. The van der Waals surface area contributed by atoms with Crippen LogP contribution in [-0.2, 0) is 0 Å². The third-order valence-corrected chi connectivity index (χ3v) is 4.98. The van der Waals surface area contributed by atoms with E-state index < -0.39 is 4.92 Å². The third-order valence-electron chi connectivity index (χ3n) is 4.98. The second-order valence-corrected chi connectivity index (χ2v) is 6.42. The largest absolute Gasteiger partial charge is 0.319 e. The summed E-state index contributed by atoms with van der Waals surface area (Å²) >= 11 is 0. The molecule has 1 aliphatic carbocycles. The monoisotopic (exact) mass is 341 g/mol. The molecule has 0 spiro atoms. The Labute approximate surface area is 143 Å². The first-order chi connectivity index (χ1) is 12.1. The SMILES string of the molecule is O=c1[nH]c(C2=C[C@H](N3CCNCC3)CC2)c([N+](=O)[O-])c2ncccc12. The molecule has 0 bridgehead atoms. The minimum atomic E-state index is -0.445. The Morgan fingerprint density at radius 1 is 1.32 bits per heavy atom. The summed E-state index contributed by atoms with van der Waals surface area (Å²) in [6.45, 7) is 3.84. The van der Waals surface area contributed by atoms with Gasteiger partial charge in [0.15, 0.2) is 5.52 Å². The van der Waals surface area contributed by atoms with E-state index in [1.165, 1.54) is 6.20 Å². The molecule has 2 aliphatic rings. The van der Waals surface area contributed by atoms with E-state index in [0.717, 1.165) is 38.2 Å². The molecule has 0 unspecified atom stereocenters. The number of nitrogens with one attached hydrogen (secondary N) is 2. The number of nitrogens with zero attached hydrogens (tertiary/aromatic N) is 3. The van der Waals surface area contributed by atoms with Gasteiger partial charge in [-0.2, -0.15) is 0 Å². The third kappa shape index (κ3) is 2.83. The van der Waals surface area contributed by atoms with Crippen LogP contribution in [0.4, 0.5) is 5.69 Å². The van der Waals surface area contributed by atoms with Crippen molar-refractivity contribution in [1.29, 1.82) is 0 Å². The summed E-state index contributed by atoms with van der Waals surface area (Å²) in [5.74, 6) is 0. The van der Waals surface area contributed by atoms with E-state index in [4.69, 9.17) is 0 Å². The number of aromatic amines is 1. The number of hydrogen-bond donors (Lipinski definition) is 2. The molecular formula is C17H19N5O3. The maximum absolute atomic E-state index is 12.4. The molecule has 8 heteroatoms. The molecule has 0 amide bonds. The fourth-order valence-electron chi connectivity index (χ4n) is 3.76. The van der Waals surface area contributed by atoms with Gasteiger partial charge < -0.3 is 10.3 Å². The Morgan fingerprint density at radius 3 is 2.88 bits per heavy atom. The van der Waals surface area contributed by atoms with Crippen LogP contribution in [0.2, 0.25) is 0 Å². The zero-order valence-corrected chi connectivity index (χ0v) is 13.7. The van der Waals surface area contributed by atoms with Crippen LogP contribution < -0.4 is 10.9 Å². The van der Waals surface area contributed by atoms with Crippen LogP contribution in [0.3, 0.4) is 0 Å². The molecule has 4 rings (SSSR count). The van der Waals surface area contributed by atoms with Crippen molar-refractivity contribution in [2.24, 2.45) is 0 Å². The van der Waals surface area contributed by atoms with Crippen molar-refractivity contribution >= 4 is 22.2 Å². The summed E-state index contributed by atoms with van der Waals surface area (Å²) < 4.78 is 0. The molecule has 8 nitrogen and oxygen atoms in total. The molecule has 1 aliphatic heterocycles. The lowest BCUT2D eigenvalue weighted by molar-refractivity contribution is -0.383. The number of fused-ring (bicyclic) bond motifs is 1. The smallest absolute Gasteiger partial charge is 0.316 e. The van der Waals surface area contributed by atoms with Gasteiger partial charge in [0, 0.05) is 38.4 Å². The van der Waals surface area contributed by atoms with Gasteiger partial charge in [0.25, 0.3) is 5.56 Å². The van der Waals surface area contributed by atoms with Crippen molar-refractivity contribution in [3.05, 3.63) is 50.6 Å². The average Bonchev–Trinajstić information content (AvgIpc) is 3.12. The van der Waals surface area contributed by atoms with E-state index in [2.05, 4.69) is 26.3 Å². The minimum absolute atomic E-state index is 0.109. The fourth-order valence-corrected chi connectivity index (χ4v) is 3.76. The Balaban J connectivity index is 1.80. The minimum Gasteiger partial charge on any atom is -0.316 e. The Bertz CT molecular complexity index is 914. The van der Waals surface area contributed by atoms with Gasteiger partial charge in [0.05, 0.1) is 10.3 Å². The summed E-state index contributed by atoms with van der Waals surface area (Å²) in [4.78, 5) is 32.8. The predicted octanol–water partition coefficient (Wildman–Crippen LogP) is 1.28. The summed E-state index contributed by atoms with van der Waals surface area (Å²) in [6.07, 6.45) is 5.17. The van der Waals surface area contributed by atoms with Gasteiger partial charge in [0.1, 0.15) is 5.69 Å². The molecule has 1 atom stereocenters. The quantitative estimate of drug-likeness (QED) is 0.644. The van der Waals surface area contributed by atoms with Crippen LogP contribution in [0.5, 0.6) is 0 Å². The normalized spacial score (nSPS) is 21.4. The Hall–Kier alpha value is -2.58. The standard InChI is InChI=1S/C17H19N5O3/c23-17-13-2-1-5-19-15(13)16(22(24)25)14(20-17)11-3-4-12(10-11)21-8-6-18-7-9-21/h1-2,5,10,12,18H,3-4,6-9H2,(H,20,23)/t12-/m1/s1. The van der Waals surface area contributed by atoms with Gasteiger partial charge in [-0.1, -0.05) is 6.08 Å². The number of allylic oxidation sites excluding steroid dienone is 1. The maximum atomic E-state index is 12.4. The van der Waals surface area contributed by atoms with Gasteiger partial charge >= 0.3 is 5.69 Å². The van der Waals surface area contributed by atoms with Crippen molar-refractivity contribution < 1.29 is 4.92 Å². The number of nitro groups is 1. The van der Waals surface area contributed by atoms with Crippen molar-refractivity contribution in [2.45, 2.75) is 18.9 Å². The van der Waals surface area contributed by atoms with Gasteiger partial charge in [-0.05, 0) is 30.5 Å². The van der Waals surface area contributed by atoms with Crippen molar-refractivity contribution in [2.75, 3.05) is 26.2 Å². The summed E-state index contributed by atoms with van der Waals surface area (Å²) in [6, 6.07) is 3.43. The summed E-state index contributed by atoms with van der Waals surface area (Å²) in [5.41, 5.74) is 0.842. The Morgan fingerprint density at radius 2 is 2.12 bits per heavy atom. The molecule has 130 valence electrons. The van der Waals surface area contributed by atoms with Gasteiger partial charge in [-0.15, -0.1) is 0 Å². The number of aromatic nitrogens is 2. The molecule has 25 heavy (non-hydrogen) atoms. The lowest BCUT2D eigenvalue weighted by Gasteiger charge is -2.31. The first-order valence-electron chi connectivity index (χ1n) is 8.46. The second-order valence-electron chi connectivity index (χ2n) is 6.42. The second kappa shape index (κ2) is 6.38. The molecule has 0 saturated carbocycles. The van der Waals surface area contributed by atoms with Crippen molar-refractivity contribution in [3.63, 3.8) is 0 Å². The highest BCUT2D eigenvalue weighted by Gasteiger charge is 2.30. The van der Waals surface area contributed by atoms with Crippen LogP contribution in [0, 0.1) is 10.1 Å². The molecule has 0 radical (unpaired) electrons. The van der Waals surface area contributed by atoms with Crippen LogP contribution in [0.25, 0.3) is 16.5 Å². The van der Waals surface area contributed by atoms with E-state index in [1.54, 1.807) is 12.1 Å². The highest BCUT2D eigenvalue weighted by molar-refractivity contribution is 5.91. The molecule has 3 heterocycles. The predicted molar refractivity (Wildman–Crippen MR) is 94.5 cm³/mol. The van der Waals surface area contributed by atoms with E-state index in [-0.39, 0.29) is 28.2 Å². The van der Waals surface area contributed by atoms with E-state index in [9.17, 15) is 14.9 Å². The molecule has 1 fully saturated rings.